The normalized spacial score (nSPS) is 16.5. The Labute approximate surface area is 98.5 Å². The molecular weight excluding hydrogens is 228 g/mol. The molecule has 7 nitrogen and oxygen atoms in total. The molecule has 0 aromatic heterocycles. The van der Waals surface area contributed by atoms with Crippen molar-refractivity contribution in [1.29, 1.82) is 0 Å². The van der Waals surface area contributed by atoms with Crippen LogP contribution in [0.2, 0.25) is 0 Å². The molecule has 0 heterocycles. The predicted molar refractivity (Wildman–Crippen MR) is 57.4 cm³/mol. The van der Waals surface area contributed by atoms with Crippen molar-refractivity contribution < 1.29 is 24.2 Å². The Morgan fingerprint density at radius 2 is 2.00 bits per heavy atom. The fourth-order valence-corrected chi connectivity index (χ4v) is 1.56. The van der Waals surface area contributed by atoms with Gasteiger partial charge in [-0.2, -0.15) is 0 Å². The second kappa shape index (κ2) is 5.51. The standard InChI is InChI=1S/C10H16N2O5/c1-17-7(13)3-6-11-9(16)12-10(8(14)15)4-2-5-10/h2-6H2,1H3,(H,14,15)(H2,11,12,16). The summed E-state index contributed by atoms with van der Waals surface area (Å²) in [7, 11) is 1.26. The van der Waals surface area contributed by atoms with Crippen LogP contribution in [0.5, 0.6) is 0 Å². The summed E-state index contributed by atoms with van der Waals surface area (Å²) in [5.41, 5.74) is -1.13. The van der Waals surface area contributed by atoms with Gasteiger partial charge in [-0.05, 0) is 19.3 Å². The third-order valence-electron chi connectivity index (χ3n) is 2.81. The molecule has 0 atom stereocenters. The lowest BCUT2D eigenvalue weighted by Gasteiger charge is -2.38. The maximum absolute atomic E-state index is 11.4. The molecule has 1 fully saturated rings. The van der Waals surface area contributed by atoms with Gasteiger partial charge in [0, 0.05) is 6.54 Å². The lowest BCUT2D eigenvalue weighted by atomic mass is 9.77. The molecular formula is C10H16N2O5. The zero-order valence-corrected chi connectivity index (χ0v) is 9.62. The number of urea groups is 1. The summed E-state index contributed by atoms with van der Waals surface area (Å²) < 4.78 is 4.40. The van der Waals surface area contributed by atoms with E-state index in [0.717, 1.165) is 6.42 Å². The predicted octanol–water partition coefficient (Wildman–Crippen LogP) is -0.144. The van der Waals surface area contributed by atoms with E-state index in [9.17, 15) is 14.4 Å². The first-order valence-electron chi connectivity index (χ1n) is 5.36. The number of ether oxygens (including phenoxy) is 1. The van der Waals surface area contributed by atoms with Gasteiger partial charge in [-0.1, -0.05) is 0 Å². The zero-order chi connectivity index (χ0) is 12.9. The number of carboxylic acid groups (broad SMARTS) is 1. The monoisotopic (exact) mass is 244 g/mol. The van der Waals surface area contributed by atoms with Crippen LogP contribution >= 0.6 is 0 Å². The molecule has 3 N–H and O–H groups in total. The van der Waals surface area contributed by atoms with Gasteiger partial charge >= 0.3 is 18.0 Å². The Balaban J connectivity index is 2.29. The molecule has 0 radical (unpaired) electrons. The molecule has 0 aromatic rings. The van der Waals surface area contributed by atoms with Crippen molar-refractivity contribution in [3.63, 3.8) is 0 Å². The largest absolute Gasteiger partial charge is 0.480 e. The molecule has 2 amide bonds. The molecule has 0 aromatic carbocycles. The molecule has 96 valence electrons. The Hall–Kier alpha value is -1.79. The van der Waals surface area contributed by atoms with Gasteiger partial charge in [0.2, 0.25) is 0 Å². The highest BCUT2D eigenvalue weighted by Crippen LogP contribution is 2.31. The molecule has 1 aliphatic rings. The van der Waals surface area contributed by atoms with Crippen LogP contribution in [0.1, 0.15) is 25.7 Å². The van der Waals surface area contributed by atoms with E-state index in [0.29, 0.717) is 12.8 Å². The second-order valence-electron chi connectivity index (χ2n) is 3.95. The number of carboxylic acids is 1. The van der Waals surface area contributed by atoms with E-state index >= 15 is 0 Å². The minimum Gasteiger partial charge on any atom is -0.480 e. The second-order valence-corrected chi connectivity index (χ2v) is 3.95. The van der Waals surface area contributed by atoms with Gasteiger partial charge in [0.25, 0.3) is 0 Å². The van der Waals surface area contributed by atoms with Crippen LogP contribution in [0.25, 0.3) is 0 Å². The van der Waals surface area contributed by atoms with Crippen molar-refractivity contribution in [1.82, 2.24) is 10.6 Å². The molecule has 1 aliphatic carbocycles. The van der Waals surface area contributed by atoms with E-state index in [4.69, 9.17) is 5.11 Å². The highest BCUT2D eigenvalue weighted by Gasteiger charge is 2.45. The average molecular weight is 244 g/mol. The van der Waals surface area contributed by atoms with Gasteiger partial charge in [0.1, 0.15) is 5.54 Å². The minimum absolute atomic E-state index is 0.0595. The van der Waals surface area contributed by atoms with Crippen LogP contribution in [-0.4, -0.2) is 42.3 Å². The molecule has 0 aliphatic heterocycles. The highest BCUT2D eigenvalue weighted by atomic mass is 16.5. The molecule has 0 saturated heterocycles. The Bertz CT molecular complexity index is 325. The van der Waals surface area contributed by atoms with Crippen LogP contribution in [0.3, 0.4) is 0 Å². The Morgan fingerprint density at radius 1 is 1.35 bits per heavy atom. The zero-order valence-electron chi connectivity index (χ0n) is 9.62. The maximum atomic E-state index is 11.4. The number of carbonyl (C=O) groups is 3. The first kappa shape index (κ1) is 13.3. The Morgan fingerprint density at radius 3 is 2.41 bits per heavy atom. The number of amides is 2. The Kier molecular flexibility index (Phi) is 4.30. The number of hydrogen-bond donors (Lipinski definition) is 3. The van der Waals surface area contributed by atoms with Crippen molar-refractivity contribution >= 4 is 18.0 Å². The van der Waals surface area contributed by atoms with Crippen LogP contribution in [0, 0.1) is 0 Å². The van der Waals surface area contributed by atoms with Gasteiger partial charge in [0.15, 0.2) is 0 Å². The highest BCUT2D eigenvalue weighted by molar-refractivity contribution is 5.87. The summed E-state index contributed by atoms with van der Waals surface area (Å²) in [5, 5.41) is 13.8. The lowest BCUT2D eigenvalue weighted by Crippen LogP contribution is -2.61. The third kappa shape index (κ3) is 3.33. The van der Waals surface area contributed by atoms with Crippen LogP contribution in [-0.2, 0) is 14.3 Å². The summed E-state index contributed by atoms with van der Waals surface area (Å²) in [6, 6.07) is -0.573. The number of esters is 1. The molecule has 1 saturated carbocycles. The summed E-state index contributed by atoms with van der Waals surface area (Å²) in [4.78, 5) is 33.1. The summed E-state index contributed by atoms with van der Waals surface area (Å²) in [6.45, 7) is 0.119. The van der Waals surface area contributed by atoms with E-state index in [2.05, 4.69) is 15.4 Å². The number of methoxy groups -OCH3 is 1. The molecule has 1 rings (SSSR count). The number of carbonyl (C=O) groups excluding carboxylic acids is 2. The molecule has 17 heavy (non-hydrogen) atoms. The van der Waals surface area contributed by atoms with E-state index in [1.165, 1.54) is 7.11 Å². The summed E-state index contributed by atoms with van der Waals surface area (Å²) in [6.07, 6.45) is 1.72. The number of nitrogens with one attached hydrogen (secondary N) is 2. The minimum atomic E-state index is -1.13. The number of aliphatic carboxylic acids is 1. The maximum Gasteiger partial charge on any atom is 0.329 e. The summed E-state index contributed by atoms with van der Waals surface area (Å²) >= 11 is 0. The van der Waals surface area contributed by atoms with Gasteiger partial charge in [-0.15, -0.1) is 0 Å². The van der Waals surface area contributed by atoms with E-state index in [1.54, 1.807) is 0 Å². The van der Waals surface area contributed by atoms with Crippen molar-refractivity contribution in [2.24, 2.45) is 0 Å². The molecule has 0 unspecified atom stereocenters. The van der Waals surface area contributed by atoms with Crippen molar-refractivity contribution in [3.05, 3.63) is 0 Å². The van der Waals surface area contributed by atoms with Crippen LogP contribution < -0.4 is 10.6 Å². The summed E-state index contributed by atoms with van der Waals surface area (Å²) in [5.74, 6) is -1.45. The van der Waals surface area contributed by atoms with Crippen LogP contribution in [0.4, 0.5) is 4.79 Å². The molecule has 7 heteroatoms. The van der Waals surface area contributed by atoms with Gasteiger partial charge in [-0.3, -0.25) is 4.79 Å². The van der Waals surface area contributed by atoms with Gasteiger partial charge < -0.3 is 20.5 Å². The van der Waals surface area contributed by atoms with E-state index < -0.39 is 23.5 Å². The quantitative estimate of drug-likeness (QED) is 0.584. The van der Waals surface area contributed by atoms with Gasteiger partial charge in [-0.25, -0.2) is 9.59 Å². The van der Waals surface area contributed by atoms with Gasteiger partial charge in [0.05, 0.1) is 13.5 Å². The fourth-order valence-electron chi connectivity index (χ4n) is 1.56. The van der Waals surface area contributed by atoms with E-state index in [-0.39, 0.29) is 13.0 Å². The molecule has 0 bridgehead atoms. The average Bonchev–Trinajstić information content (AvgIpc) is 2.22. The SMILES string of the molecule is COC(=O)CCNC(=O)NC1(C(=O)O)CCC1. The fraction of sp³-hybridized carbons (Fsp3) is 0.700. The number of hydrogen-bond acceptors (Lipinski definition) is 4. The van der Waals surface area contributed by atoms with Crippen molar-refractivity contribution in [3.8, 4) is 0 Å². The lowest BCUT2D eigenvalue weighted by molar-refractivity contribution is -0.148. The third-order valence-corrected chi connectivity index (χ3v) is 2.81. The van der Waals surface area contributed by atoms with Crippen LogP contribution in [0.15, 0.2) is 0 Å². The smallest absolute Gasteiger partial charge is 0.329 e. The topological polar surface area (TPSA) is 105 Å². The first-order chi connectivity index (χ1) is 8.00. The van der Waals surface area contributed by atoms with E-state index in [1.807, 2.05) is 0 Å². The van der Waals surface area contributed by atoms with Crippen molar-refractivity contribution in [2.45, 2.75) is 31.2 Å². The number of rotatable bonds is 5. The molecule has 0 spiro atoms. The first-order valence-corrected chi connectivity index (χ1v) is 5.36. The van der Waals surface area contributed by atoms with Crippen molar-refractivity contribution in [2.75, 3.05) is 13.7 Å².